The molecule has 0 bridgehead atoms. The Bertz CT molecular complexity index is 645. The van der Waals surface area contributed by atoms with Crippen LogP contribution >= 0.6 is 0 Å². The molecular formula is C12H11N5O3. The van der Waals surface area contributed by atoms with Gasteiger partial charge in [-0.1, -0.05) is 18.2 Å². The lowest BCUT2D eigenvalue weighted by Gasteiger charge is -2.07. The number of aromatic carboxylic acids is 1. The van der Waals surface area contributed by atoms with E-state index in [4.69, 9.17) is 10.8 Å². The summed E-state index contributed by atoms with van der Waals surface area (Å²) in [5, 5.41) is 13.7. The van der Waals surface area contributed by atoms with Crippen molar-refractivity contribution in [3.63, 3.8) is 0 Å². The maximum Gasteiger partial charge on any atom is 0.341 e. The quantitative estimate of drug-likeness (QED) is 0.668. The minimum atomic E-state index is -1.23. The molecule has 0 radical (unpaired) electrons. The number of nitrogen functional groups attached to an aromatic ring is 1. The number of hydrogen-bond donors (Lipinski definition) is 4. The van der Waals surface area contributed by atoms with E-state index in [0.29, 0.717) is 5.69 Å². The van der Waals surface area contributed by atoms with Crippen LogP contribution in [0.2, 0.25) is 0 Å². The van der Waals surface area contributed by atoms with Gasteiger partial charge in [-0.05, 0) is 12.1 Å². The zero-order valence-corrected chi connectivity index (χ0v) is 10.2. The molecule has 0 spiro atoms. The fraction of sp³-hybridized carbons (Fsp3) is 0. The molecule has 0 fully saturated rings. The Labute approximate surface area is 113 Å². The molecule has 1 heterocycles. The molecule has 8 heteroatoms. The van der Waals surface area contributed by atoms with Crippen LogP contribution < -0.4 is 16.4 Å². The molecule has 2 rings (SSSR count). The summed E-state index contributed by atoms with van der Waals surface area (Å²) in [5.74, 6) is -1.54. The molecule has 102 valence electrons. The van der Waals surface area contributed by atoms with Crippen LogP contribution in [-0.4, -0.2) is 27.1 Å². The topological polar surface area (TPSA) is 130 Å². The maximum absolute atomic E-state index is 11.7. The van der Waals surface area contributed by atoms with Gasteiger partial charge in [-0.3, -0.25) is 5.32 Å². The van der Waals surface area contributed by atoms with Crippen molar-refractivity contribution in [1.29, 1.82) is 0 Å². The monoisotopic (exact) mass is 273 g/mol. The van der Waals surface area contributed by atoms with Crippen LogP contribution in [0.15, 0.2) is 36.5 Å². The van der Waals surface area contributed by atoms with Crippen LogP contribution in [0.5, 0.6) is 0 Å². The highest BCUT2D eigenvalue weighted by atomic mass is 16.4. The smallest absolute Gasteiger partial charge is 0.341 e. The number of carbonyl (C=O) groups excluding carboxylic acids is 1. The normalized spacial score (nSPS) is 9.80. The number of rotatable bonds is 3. The summed E-state index contributed by atoms with van der Waals surface area (Å²) in [6.07, 6.45) is 1.03. The van der Waals surface area contributed by atoms with E-state index >= 15 is 0 Å². The van der Waals surface area contributed by atoms with Gasteiger partial charge in [0, 0.05) is 11.9 Å². The number of urea groups is 1. The minimum Gasteiger partial charge on any atom is -0.477 e. The van der Waals surface area contributed by atoms with Gasteiger partial charge in [0.25, 0.3) is 0 Å². The van der Waals surface area contributed by atoms with E-state index in [9.17, 15) is 9.59 Å². The Hall–Kier alpha value is -3.16. The Morgan fingerprint density at radius 2 is 1.85 bits per heavy atom. The first-order valence-corrected chi connectivity index (χ1v) is 5.55. The summed E-state index contributed by atoms with van der Waals surface area (Å²) >= 11 is 0. The minimum absolute atomic E-state index is 0.0825. The number of hydrogen-bond acceptors (Lipinski definition) is 5. The Balaban J connectivity index is 2.05. The second kappa shape index (κ2) is 5.65. The first kappa shape index (κ1) is 13.3. The summed E-state index contributed by atoms with van der Waals surface area (Å²) in [5.41, 5.74) is 5.82. The molecule has 0 atom stereocenters. The van der Waals surface area contributed by atoms with Crippen molar-refractivity contribution in [1.82, 2.24) is 9.97 Å². The second-order valence-corrected chi connectivity index (χ2v) is 3.74. The highest BCUT2D eigenvalue weighted by Gasteiger charge is 2.12. The highest BCUT2D eigenvalue weighted by molar-refractivity contribution is 5.99. The van der Waals surface area contributed by atoms with Crippen molar-refractivity contribution >= 4 is 29.5 Å². The number of anilines is 3. The average molecular weight is 273 g/mol. The van der Waals surface area contributed by atoms with Crippen molar-refractivity contribution in [2.75, 3.05) is 16.4 Å². The van der Waals surface area contributed by atoms with E-state index in [0.717, 1.165) is 6.20 Å². The molecule has 0 unspecified atom stereocenters. The van der Waals surface area contributed by atoms with Gasteiger partial charge in [-0.15, -0.1) is 0 Å². The highest BCUT2D eigenvalue weighted by Crippen LogP contribution is 2.10. The summed E-state index contributed by atoms with van der Waals surface area (Å²) in [6.45, 7) is 0. The number of carboxylic acids is 1. The van der Waals surface area contributed by atoms with E-state index in [1.165, 1.54) is 0 Å². The summed E-state index contributed by atoms with van der Waals surface area (Å²) < 4.78 is 0. The maximum atomic E-state index is 11.7. The molecule has 0 aliphatic carbocycles. The molecule has 0 saturated carbocycles. The van der Waals surface area contributed by atoms with Gasteiger partial charge < -0.3 is 16.2 Å². The number of nitrogens with zero attached hydrogens (tertiary/aromatic N) is 2. The van der Waals surface area contributed by atoms with E-state index in [1.54, 1.807) is 24.3 Å². The number of amides is 2. The molecule has 2 amide bonds. The SMILES string of the molecule is Nc1nc(NC(=O)Nc2ccccc2)ncc1C(=O)O. The van der Waals surface area contributed by atoms with Crippen LogP contribution in [0, 0.1) is 0 Å². The standard InChI is InChI=1S/C12H11N5O3/c13-9-8(10(18)19)6-14-11(16-9)17-12(20)15-7-4-2-1-3-5-7/h1-6H,(H,18,19)(H4,13,14,15,16,17,20). The van der Waals surface area contributed by atoms with Crippen molar-refractivity contribution in [2.24, 2.45) is 0 Å². The molecule has 0 aliphatic heterocycles. The van der Waals surface area contributed by atoms with Crippen LogP contribution in [0.1, 0.15) is 10.4 Å². The van der Waals surface area contributed by atoms with Crippen molar-refractivity contribution in [3.05, 3.63) is 42.1 Å². The average Bonchev–Trinajstić information content (AvgIpc) is 2.39. The van der Waals surface area contributed by atoms with Crippen molar-refractivity contribution < 1.29 is 14.7 Å². The van der Waals surface area contributed by atoms with Gasteiger partial charge in [0.2, 0.25) is 5.95 Å². The number of carbonyl (C=O) groups is 2. The number of carboxylic acid groups (broad SMARTS) is 1. The first-order chi connectivity index (χ1) is 9.56. The Morgan fingerprint density at radius 3 is 2.45 bits per heavy atom. The van der Waals surface area contributed by atoms with Crippen molar-refractivity contribution in [3.8, 4) is 0 Å². The second-order valence-electron chi connectivity index (χ2n) is 3.74. The van der Waals surface area contributed by atoms with Gasteiger partial charge in [-0.2, -0.15) is 4.98 Å². The lowest BCUT2D eigenvalue weighted by atomic mass is 10.3. The predicted octanol–water partition coefficient (Wildman–Crippen LogP) is 1.40. The predicted molar refractivity (Wildman–Crippen MR) is 72.5 cm³/mol. The van der Waals surface area contributed by atoms with Crippen LogP contribution in [-0.2, 0) is 0 Å². The first-order valence-electron chi connectivity index (χ1n) is 5.55. The van der Waals surface area contributed by atoms with E-state index in [1.807, 2.05) is 6.07 Å². The third-order valence-electron chi connectivity index (χ3n) is 2.31. The number of aromatic nitrogens is 2. The zero-order valence-electron chi connectivity index (χ0n) is 10.2. The largest absolute Gasteiger partial charge is 0.477 e. The molecule has 0 saturated heterocycles. The van der Waals surface area contributed by atoms with E-state index in [2.05, 4.69) is 20.6 Å². The summed E-state index contributed by atoms with van der Waals surface area (Å²) in [6, 6.07) is 8.22. The van der Waals surface area contributed by atoms with Gasteiger partial charge in [-0.25, -0.2) is 14.6 Å². The summed E-state index contributed by atoms with van der Waals surface area (Å²) in [7, 11) is 0. The molecule has 1 aromatic heterocycles. The fourth-order valence-corrected chi connectivity index (χ4v) is 1.41. The lowest BCUT2D eigenvalue weighted by molar-refractivity contribution is 0.0697. The molecule has 8 nitrogen and oxygen atoms in total. The van der Waals surface area contributed by atoms with E-state index < -0.39 is 12.0 Å². The van der Waals surface area contributed by atoms with Crippen molar-refractivity contribution in [2.45, 2.75) is 0 Å². The number of benzene rings is 1. The fourth-order valence-electron chi connectivity index (χ4n) is 1.41. The lowest BCUT2D eigenvalue weighted by Crippen LogP contribution is -2.21. The van der Waals surface area contributed by atoms with Gasteiger partial charge in [0.15, 0.2) is 0 Å². The summed E-state index contributed by atoms with van der Waals surface area (Å²) in [4.78, 5) is 29.8. The number of nitrogens with one attached hydrogen (secondary N) is 2. The third-order valence-corrected chi connectivity index (χ3v) is 2.31. The van der Waals surface area contributed by atoms with Crippen LogP contribution in [0.25, 0.3) is 0 Å². The molecule has 5 N–H and O–H groups in total. The van der Waals surface area contributed by atoms with Gasteiger partial charge in [0.05, 0.1) is 0 Å². The molecule has 20 heavy (non-hydrogen) atoms. The number of para-hydroxylation sites is 1. The van der Waals surface area contributed by atoms with Crippen LogP contribution in [0.3, 0.4) is 0 Å². The van der Waals surface area contributed by atoms with Gasteiger partial charge in [0.1, 0.15) is 11.4 Å². The Morgan fingerprint density at radius 1 is 1.15 bits per heavy atom. The molecule has 1 aromatic carbocycles. The zero-order chi connectivity index (χ0) is 14.5. The third kappa shape index (κ3) is 3.19. The van der Waals surface area contributed by atoms with Crippen LogP contribution in [0.4, 0.5) is 22.2 Å². The molecule has 0 aliphatic rings. The molecule has 2 aromatic rings. The number of nitrogens with two attached hydrogens (primary N) is 1. The van der Waals surface area contributed by atoms with E-state index in [-0.39, 0.29) is 17.3 Å². The Kier molecular flexibility index (Phi) is 3.75. The van der Waals surface area contributed by atoms with Gasteiger partial charge >= 0.3 is 12.0 Å². The molecular weight excluding hydrogens is 262 g/mol.